The fraction of sp³-hybridized carbons (Fsp3) is 0.200. The van der Waals surface area contributed by atoms with E-state index in [4.69, 9.17) is 9.26 Å². The van der Waals surface area contributed by atoms with Crippen LogP contribution in [0, 0.1) is 6.92 Å². The van der Waals surface area contributed by atoms with Crippen molar-refractivity contribution in [2.45, 2.75) is 31.9 Å². The van der Waals surface area contributed by atoms with Gasteiger partial charge >= 0.3 is 6.09 Å². The van der Waals surface area contributed by atoms with Crippen molar-refractivity contribution in [3.05, 3.63) is 107 Å². The van der Waals surface area contributed by atoms with Crippen LogP contribution in [0.5, 0.6) is 0 Å². The van der Waals surface area contributed by atoms with Crippen molar-refractivity contribution in [2.75, 3.05) is 11.9 Å². The molecule has 200 valence electrons. The van der Waals surface area contributed by atoms with Gasteiger partial charge in [0.1, 0.15) is 5.56 Å². The summed E-state index contributed by atoms with van der Waals surface area (Å²) in [6.45, 7) is 2.46. The number of hydrogen-bond acceptors (Lipinski definition) is 8. The number of nitrogens with zero attached hydrogens (tertiary/aromatic N) is 4. The minimum atomic E-state index is -1.52. The lowest BCUT2D eigenvalue weighted by Crippen LogP contribution is -2.37. The van der Waals surface area contributed by atoms with Crippen LogP contribution < -0.4 is 5.32 Å². The molecule has 1 atom stereocenters. The molecule has 4 aromatic rings. The lowest BCUT2D eigenvalue weighted by Gasteiger charge is -2.30. The van der Waals surface area contributed by atoms with Crippen molar-refractivity contribution >= 4 is 24.2 Å². The third-order valence-corrected chi connectivity index (χ3v) is 7.13. The number of rotatable bonds is 5. The number of carbonyl (C=O) groups excluding carboxylic acids is 3. The Hall–Kier alpha value is -5.12. The fourth-order valence-electron chi connectivity index (χ4n) is 5.13. The van der Waals surface area contributed by atoms with Crippen LogP contribution in [-0.4, -0.2) is 44.9 Å². The Morgan fingerprint density at radius 1 is 1.10 bits per heavy atom. The van der Waals surface area contributed by atoms with Crippen LogP contribution in [0.25, 0.3) is 11.3 Å². The number of fused-ring (bicyclic) bond motifs is 2. The van der Waals surface area contributed by atoms with Gasteiger partial charge < -0.3 is 14.2 Å². The number of carbonyl (C=O) groups is 3. The predicted octanol–water partition coefficient (Wildman–Crippen LogP) is 4.39. The third kappa shape index (κ3) is 4.53. The summed E-state index contributed by atoms with van der Waals surface area (Å²) < 4.78 is 11.1. The molecule has 1 aliphatic heterocycles. The van der Waals surface area contributed by atoms with E-state index < -0.39 is 11.7 Å². The van der Waals surface area contributed by atoms with E-state index in [2.05, 4.69) is 20.4 Å². The van der Waals surface area contributed by atoms with Crippen LogP contribution in [0.4, 0.5) is 10.7 Å². The lowest BCUT2D eigenvalue weighted by atomic mass is 9.85. The first-order chi connectivity index (χ1) is 19.5. The highest BCUT2D eigenvalue weighted by molar-refractivity contribution is 6.00. The summed E-state index contributed by atoms with van der Waals surface area (Å²) >= 11 is 0. The maximum absolute atomic E-state index is 13.5. The van der Waals surface area contributed by atoms with Crippen molar-refractivity contribution < 1.29 is 23.6 Å². The molecule has 0 spiro atoms. The second kappa shape index (κ2) is 10.2. The number of nitrogens with one attached hydrogen (secondary N) is 1. The van der Waals surface area contributed by atoms with Gasteiger partial charge in [0.05, 0.1) is 11.4 Å². The van der Waals surface area contributed by atoms with Crippen molar-refractivity contribution in [3.63, 3.8) is 0 Å². The molecule has 6 rings (SSSR count). The van der Waals surface area contributed by atoms with Crippen molar-refractivity contribution in [1.82, 2.24) is 20.0 Å². The normalized spacial score (nSPS) is 17.5. The molecule has 2 aliphatic rings. The largest absolute Gasteiger partial charge is 0.426 e. The Labute approximate surface area is 229 Å². The van der Waals surface area contributed by atoms with Crippen LogP contribution in [0.1, 0.15) is 38.4 Å². The molecule has 0 bridgehead atoms. The SMILES string of the molecule is Cc1noc(-c2ccccc2)c1C(=O)N1CCc2nc(NC(=O)OC3(C=O)C=CCc4ccccc43)ncc2C1. The number of benzene rings is 2. The molecule has 10 nitrogen and oxygen atoms in total. The third-order valence-electron chi connectivity index (χ3n) is 7.13. The van der Waals surface area contributed by atoms with E-state index >= 15 is 0 Å². The van der Waals surface area contributed by atoms with Gasteiger partial charge in [0.15, 0.2) is 12.0 Å². The summed E-state index contributed by atoms with van der Waals surface area (Å²) in [5.41, 5.74) is 3.22. The monoisotopic (exact) mass is 535 g/mol. The van der Waals surface area contributed by atoms with Crippen LogP contribution >= 0.6 is 0 Å². The average molecular weight is 536 g/mol. The Morgan fingerprint density at radius 2 is 1.90 bits per heavy atom. The highest BCUT2D eigenvalue weighted by Crippen LogP contribution is 2.33. The van der Waals surface area contributed by atoms with Gasteiger partial charge in [-0.3, -0.25) is 14.9 Å². The minimum absolute atomic E-state index is 0.0545. The molecule has 10 heteroatoms. The highest BCUT2D eigenvalue weighted by Gasteiger charge is 2.37. The Balaban J connectivity index is 1.16. The Bertz CT molecular complexity index is 1650. The molecule has 1 N–H and O–H groups in total. The molecule has 1 unspecified atom stereocenters. The van der Waals surface area contributed by atoms with Crippen molar-refractivity contribution in [2.24, 2.45) is 0 Å². The van der Waals surface area contributed by atoms with Crippen LogP contribution in [0.3, 0.4) is 0 Å². The first-order valence-corrected chi connectivity index (χ1v) is 12.9. The molecule has 0 saturated heterocycles. The number of anilines is 1. The summed E-state index contributed by atoms with van der Waals surface area (Å²) in [5, 5.41) is 6.57. The van der Waals surface area contributed by atoms with Gasteiger partial charge in [0, 0.05) is 42.4 Å². The van der Waals surface area contributed by atoms with Crippen LogP contribution in [-0.2, 0) is 34.5 Å². The van der Waals surface area contributed by atoms with E-state index in [0.29, 0.717) is 60.5 Å². The number of ether oxygens (including phenoxy) is 1. The molecule has 0 saturated carbocycles. The van der Waals surface area contributed by atoms with E-state index in [0.717, 1.165) is 16.7 Å². The quantitative estimate of drug-likeness (QED) is 0.294. The topological polar surface area (TPSA) is 128 Å². The standard InChI is InChI=1S/C30H25N5O5/c1-19-25(26(40-34-19)21-9-3-2-4-10-21)27(37)35-15-13-24-22(17-35)16-31-28(32-24)33-29(38)39-30(18-36)14-7-11-20-8-5-6-12-23(20)30/h2-10,12,14,16,18H,11,13,15,17H2,1H3,(H,31,32,33,38). The minimum Gasteiger partial charge on any atom is -0.426 e. The van der Waals surface area contributed by atoms with Gasteiger partial charge in [-0.2, -0.15) is 0 Å². The zero-order valence-corrected chi connectivity index (χ0v) is 21.7. The maximum atomic E-state index is 13.5. The molecule has 0 radical (unpaired) electrons. The van der Waals surface area contributed by atoms with Crippen molar-refractivity contribution in [1.29, 1.82) is 0 Å². The number of aromatic nitrogens is 3. The zero-order chi connectivity index (χ0) is 27.7. The number of hydrogen-bond donors (Lipinski definition) is 1. The van der Waals surface area contributed by atoms with Crippen molar-refractivity contribution in [3.8, 4) is 11.3 Å². The summed E-state index contributed by atoms with van der Waals surface area (Å²) in [6.07, 6.45) is 5.85. The molecule has 3 heterocycles. The lowest BCUT2D eigenvalue weighted by molar-refractivity contribution is -0.120. The Kier molecular flexibility index (Phi) is 6.43. The van der Waals surface area contributed by atoms with Gasteiger partial charge in [-0.15, -0.1) is 0 Å². The second-order valence-corrected chi connectivity index (χ2v) is 9.67. The summed E-state index contributed by atoms with van der Waals surface area (Å²) in [7, 11) is 0. The summed E-state index contributed by atoms with van der Waals surface area (Å²) in [4.78, 5) is 48.8. The highest BCUT2D eigenvalue weighted by atomic mass is 16.6. The number of aryl methyl sites for hydroxylation is 1. The smallest absolute Gasteiger partial charge is 0.415 e. The summed E-state index contributed by atoms with van der Waals surface area (Å²) in [6, 6.07) is 16.7. The molecule has 2 aromatic heterocycles. The van der Waals surface area contributed by atoms with Gasteiger partial charge in [-0.1, -0.05) is 65.8 Å². The van der Waals surface area contributed by atoms with E-state index in [1.807, 2.05) is 42.5 Å². The van der Waals surface area contributed by atoms with Crippen LogP contribution in [0.2, 0.25) is 0 Å². The molecule has 2 amide bonds. The number of aldehydes is 1. The number of allylic oxidation sites excluding steroid dienone is 1. The first kappa shape index (κ1) is 25.2. The van der Waals surface area contributed by atoms with E-state index in [-0.39, 0.29) is 11.9 Å². The second-order valence-electron chi connectivity index (χ2n) is 9.67. The van der Waals surface area contributed by atoms with E-state index in [1.165, 1.54) is 0 Å². The average Bonchev–Trinajstić information content (AvgIpc) is 3.38. The molecular formula is C30H25N5O5. The molecular weight excluding hydrogens is 510 g/mol. The fourth-order valence-corrected chi connectivity index (χ4v) is 5.13. The van der Waals surface area contributed by atoms with Gasteiger partial charge in [-0.05, 0) is 25.0 Å². The molecule has 40 heavy (non-hydrogen) atoms. The van der Waals surface area contributed by atoms with Gasteiger partial charge in [0.2, 0.25) is 11.5 Å². The maximum Gasteiger partial charge on any atom is 0.415 e. The summed E-state index contributed by atoms with van der Waals surface area (Å²) in [5.74, 6) is 0.305. The molecule has 1 aliphatic carbocycles. The van der Waals surface area contributed by atoms with E-state index in [1.54, 1.807) is 42.3 Å². The zero-order valence-electron chi connectivity index (χ0n) is 21.7. The van der Waals surface area contributed by atoms with Gasteiger partial charge in [0.25, 0.3) is 5.91 Å². The Morgan fingerprint density at radius 3 is 2.73 bits per heavy atom. The predicted molar refractivity (Wildman–Crippen MR) is 144 cm³/mol. The van der Waals surface area contributed by atoms with Gasteiger partial charge in [-0.25, -0.2) is 14.8 Å². The molecule has 0 fully saturated rings. The first-order valence-electron chi connectivity index (χ1n) is 12.9. The van der Waals surface area contributed by atoms with Crippen LogP contribution in [0.15, 0.2) is 77.5 Å². The molecule has 2 aromatic carbocycles. The van der Waals surface area contributed by atoms with E-state index in [9.17, 15) is 14.4 Å². The number of amides is 2.